The molecular formula is C16H16N2S. The van der Waals surface area contributed by atoms with Gasteiger partial charge < -0.3 is 4.98 Å². The second-order valence-corrected chi connectivity index (χ2v) is 5.12. The topological polar surface area (TPSA) is 28.7 Å². The standard InChI is InChI=1S/C16H16N2S/c19-9-8-13-6-7-14-15(10-13)18-16(17-14)11-12-4-2-1-3-5-12/h1-7,10,19H,8-9,11H2,(H,17,18). The molecule has 0 aliphatic carbocycles. The number of nitrogens with one attached hydrogen (secondary N) is 1. The SMILES string of the molecule is SCCc1ccc2nc(Cc3ccccc3)[nH]c2c1. The summed E-state index contributed by atoms with van der Waals surface area (Å²) in [5.41, 5.74) is 4.73. The van der Waals surface area contributed by atoms with E-state index in [4.69, 9.17) is 0 Å². The lowest BCUT2D eigenvalue weighted by Crippen LogP contribution is -1.89. The average molecular weight is 268 g/mol. The van der Waals surface area contributed by atoms with E-state index in [0.29, 0.717) is 0 Å². The Hall–Kier alpha value is -1.74. The van der Waals surface area contributed by atoms with Gasteiger partial charge in [-0.2, -0.15) is 12.6 Å². The van der Waals surface area contributed by atoms with Crippen LogP contribution in [0.25, 0.3) is 11.0 Å². The third kappa shape index (κ3) is 2.82. The minimum Gasteiger partial charge on any atom is -0.342 e. The summed E-state index contributed by atoms with van der Waals surface area (Å²) < 4.78 is 0. The molecule has 0 unspecified atom stereocenters. The molecule has 0 atom stereocenters. The van der Waals surface area contributed by atoms with Crippen LogP contribution in [-0.4, -0.2) is 15.7 Å². The van der Waals surface area contributed by atoms with Crippen molar-refractivity contribution in [3.63, 3.8) is 0 Å². The molecular weight excluding hydrogens is 252 g/mol. The average Bonchev–Trinajstić information content (AvgIpc) is 2.82. The van der Waals surface area contributed by atoms with Gasteiger partial charge in [-0.05, 0) is 35.4 Å². The zero-order valence-corrected chi connectivity index (χ0v) is 11.5. The minimum atomic E-state index is 0.845. The number of hydrogen-bond donors (Lipinski definition) is 2. The number of rotatable bonds is 4. The van der Waals surface area contributed by atoms with Gasteiger partial charge in [0.2, 0.25) is 0 Å². The van der Waals surface area contributed by atoms with Crippen molar-refractivity contribution in [3.8, 4) is 0 Å². The van der Waals surface area contributed by atoms with Crippen molar-refractivity contribution < 1.29 is 0 Å². The van der Waals surface area contributed by atoms with Crippen molar-refractivity contribution >= 4 is 23.7 Å². The van der Waals surface area contributed by atoms with Gasteiger partial charge in [-0.1, -0.05) is 36.4 Å². The summed E-state index contributed by atoms with van der Waals surface area (Å²) in [7, 11) is 0. The fourth-order valence-corrected chi connectivity index (χ4v) is 2.53. The number of nitrogens with zero attached hydrogens (tertiary/aromatic N) is 1. The lowest BCUT2D eigenvalue weighted by molar-refractivity contribution is 1.04. The Morgan fingerprint density at radius 1 is 1.00 bits per heavy atom. The van der Waals surface area contributed by atoms with Crippen molar-refractivity contribution in [1.29, 1.82) is 0 Å². The highest BCUT2D eigenvalue weighted by Crippen LogP contribution is 2.16. The maximum atomic E-state index is 4.63. The van der Waals surface area contributed by atoms with Crippen molar-refractivity contribution in [2.75, 3.05) is 5.75 Å². The number of H-pyrrole nitrogens is 1. The van der Waals surface area contributed by atoms with Crippen LogP contribution in [0.3, 0.4) is 0 Å². The van der Waals surface area contributed by atoms with Crippen LogP contribution in [0.4, 0.5) is 0 Å². The molecule has 1 N–H and O–H groups in total. The molecule has 0 spiro atoms. The maximum Gasteiger partial charge on any atom is 0.111 e. The van der Waals surface area contributed by atoms with E-state index in [2.05, 4.69) is 65.1 Å². The Bertz CT molecular complexity index is 674. The molecule has 19 heavy (non-hydrogen) atoms. The number of fused-ring (bicyclic) bond motifs is 1. The third-order valence-electron chi connectivity index (χ3n) is 3.21. The zero-order chi connectivity index (χ0) is 13.1. The van der Waals surface area contributed by atoms with Gasteiger partial charge in [0.05, 0.1) is 11.0 Å². The summed E-state index contributed by atoms with van der Waals surface area (Å²) in [4.78, 5) is 8.04. The van der Waals surface area contributed by atoms with Crippen molar-refractivity contribution in [3.05, 3.63) is 65.5 Å². The zero-order valence-electron chi connectivity index (χ0n) is 10.6. The highest BCUT2D eigenvalue weighted by Gasteiger charge is 2.04. The molecule has 0 fully saturated rings. The van der Waals surface area contributed by atoms with Gasteiger partial charge in [-0.25, -0.2) is 4.98 Å². The predicted octanol–water partition coefficient (Wildman–Crippen LogP) is 3.63. The lowest BCUT2D eigenvalue weighted by Gasteiger charge is -1.97. The van der Waals surface area contributed by atoms with Crippen molar-refractivity contribution in [2.45, 2.75) is 12.8 Å². The van der Waals surface area contributed by atoms with Crippen LogP contribution in [0.2, 0.25) is 0 Å². The molecule has 0 amide bonds. The third-order valence-corrected chi connectivity index (χ3v) is 3.43. The molecule has 1 aromatic heterocycles. The Labute approximate surface area is 118 Å². The molecule has 0 aliphatic heterocycles. The molecule has 2 aromatic carbocycles. The number of hydrogen-bond acceptors (Lipinski definition) is 2. The van der Waals surface area contributed by atoms with E-state index in [1.54, 1.807) is 0 Å². The molecule has 1 heterocycles. The van der Waals surface area contributed by atoms with Gasteiger partial charge in [0.25, 0.3) is 0 Å². The molecule has 3 heteroatoms. The normalized spacial score (nSPS) is 11.0. The van der Waals surface area contributed by atoms with Crippen molar-refractivity contribution in [1.82, 2.24) is 9.97 Å². The van der Waals surface area contributed by atoms with E-state index in [1.807, 2.05) is 6.07 Å². The first kappa shape index (κ1) is 12.3. The Balaban J connectivity index is 1.89. The quantitative estimate of drug-likeness (QED) is 0.695. The van der Waals surface area contributed by atoms with Crippen LogP contribution in [0, 0.1) is 0 Å². The van der Waals surface area contributed by atoms with Gasteiger partial charge >= 0.3 is 0 Å². The molecule has 2 nitrogen and oxygen atoms in total. The molecule has 96 valence electrons. The molecule has 0 aliphatic rings. The van der Waals surface area contributed by atoms with Crippen LogP contribution >= 0.6 is 12.6 Å². The summed E-state index contributed by atoms with van der Waals surface area (Å²) in [6.07, 6.45) is 1.84. The lowest BCUT2D eigenvalue weighted by atomic mass is 10.1. The van der Waals surface area contributed by atoms with Crippen LogP contribution in [0.15, 0.2) is 48.5 Å². The summed E-state index contributed by atoms with van der Waals surface area (Å²) in [6.45, 7) is 0. The van der Waals surface area contributed by atoms with E-state index in [0.717, 1.165) is 35.5 Å². The van der Waals surface area contributed by atoms with E-state index in [-0.39, 0.29) is 0 Å². The van der Waals surface area contributed by atoms with E-state index in [9.17, 15) is 0 Å². The monoisotopic (exact) mass is 268 g/mol. The first-order valence-corrected chi connectivity index (χ1v) is 7.11. The summed E-state index contributed by atoms with van der Waals surface area (Å²) in [6, 6.07) is 16.8. The van der Waals surface area contributed by atoms with Gasteiger partial charge in [-0.15, -0.1) is 0 Å². The predicted molar refractivity (Wildman–Crippen MR) is 82.9 cm³/mol. The summed E-state index contributed by atoms with van der Waals surface area (Å²) in [5.74, 6) is 1.89. The minimum absolute atomic E-state index is 0.845. The Kier molecular flexibility index (Phi) is 3.56. The Morgan fingerprint density at radius 3 is 2.63 bits per heavy atom. The molecule has 3 rings (SSSR count). The first-order chi connectivity index (χ1) is 9.35. The van der Waals surface area contributed by atoms with Gasteiger partial charge in [0.15, 0.2) is 0 Å². The number of thiol groups is 1. The van der Waals surface area contributed by atoms with E-state index in [1.165, 1.54) is 11.1 Å². The van der Waals surface area contributed by atoms with Gasteiger partial charge in [-0.3, -0.25) is 0 Å². The van der Waals surface area contributed by atoms with Crippen molar-refractivity contribution in [2.24, 2.45) is 0 Å². The van der Waals surface area contributed by atoms with Gasteiger partial charge in [0.1, 0.15) is 5.82 Å². The molecule has 0 radical (unpaired) electrons. The number of benzene rings is 2. The molecule has 0 saturated carbocycles. The van der Waals surface area contributed by atoms with Gasteiger partial charge in [0, 0.05) is 6.42 Å². The second kappa shape index (κ2) is 5.49. The van der Waals surface area contributed by atoms with E-state index < -0.39 is 0 Å². The highest BCUT2D eigenvalue weighted by atomic mass is 32.1. The first-order valence-electron chi connectivity index (χ1n) is 6.47. The fraction of sp³-hybridized carbons (Fsp3) is 0.188. The van der Waals surface area contributed by atoms with E-state index >= 15 is 0 Å². The largest absolute Gasteiger partial charge is 0.342 e. The number of aromatic nitrogens is 2. The Morgan fingerprint density at radius 2 is 1.84 bits per heavy atom. The smallest absolute Gasteiger partial charge is 0.111 e. The molecule has 0 bridgehead atoms. The molecule has 0 saturated heterocycles. The molecule has 3 aromatic rings. The fourth-order valence-electron chi connectivity index (χ4n) is 2.27. The van der Waals surface area contributed by atoms with Crippen LogP contribution in [0.1, 0.15) is 17.0 Å². The number of aromatic amines is 1. The van der Waals surface area contributed by atoms with Crippen LogP contribution in [0.5, 0.6) is 0 Å². The summed E-state index contributed by atoms with van der Waals surface area (Å²) >= 11 is 4.27. The number of imidazole rings is 1. The van der Waals surface area contributed by atoms with Crippen LogP contribution < -0.4 is 0 Å². The van der Waals surface area contributed by atoms with Crippen LogP contribution in [-0.2, 0) is 12.8 Å². The number of aryl methyl sites for hydroxylation is 1. The second-order valence-electron chi connectivity index (χ2n) is 4.67. The summed E-state index contributed by atoms with van der Waals surface area (Å²) in [5, 5.41) is 0. The maximum absolute atomic E-state index is 4.63. The highest BCUT2D eigenvalue weighted by molar-refractivity contribution is 7.80.